The third kappa shape index (κ3) is 3.62. The van der Waals surface area contributed by atoms with Gasteiger partial charge in [-0.1, -0.05) is 23.7 Å². The van der Waals surface area contributed by atoms with Crippen LogP contribution in [0, 0.1) is 0 Å². The zero-order valence-corrected chi connectivity index (χ0v) is 12.5. The molecule has 2 aromatic rings. The Hall–Kier alpha value is -1.32. The van der Waals surface area contributed by atoms with Gasteiger partial charge in [-0.05, 0) is 42.5 Å². The molecule has 20 heavy (non-hydrogen) atoms. The molecule has 0 radical (unpaired) electrons. The summed E-state index contributed by atoms with van der Waals surface area (Å²) in [7, 11) is 1.96. The lowest BCUT2D eigenvalue weighted by Crippen LogP contribution is -2.24. The average molecular weight is 290 g/mol. The summed E-state index contributed by atoms with van der Waals surface area (Å²) in [5, 5.41) is 8.70. The molecule has 0 bridgehead atoms. The molecule has 4 heteroatoms. The van der Waals surface area contributed by atoms with E-state index < -0.39 is 0 Å². The quantitative estimate of drug-likeness (QED) is 0.885. The summed E-state index contributed by atoms with van der Waals surface area (Å²) < 4.78 is 1.86. The minimum absolute atomic E-state index is 0.443. The van der Waals surface area contributed by atoms with Gasteiger partial charge in [0, 0.05) is 36.8 Å². The van der Waals surface area contributed by atoms with Crippen LogP contribution < -0.4 is 5.32 Å². The van der Waals surface area contributed by atoms with E-state index >= 15 is 0 Å². The van der Waals surface area contributed by atoms with Gasteiger partial charge in [0.15, 0.2) is 0 Å². The number of hydrogen-bond acceptors (Lipinski definition) is 2. The van der Waals surface area contributed by atoms with Crippen LogP contribution in [-0.2, 0) is 13.5 Å². The average Bonchev–Trinajstić information content (AvgIpc) is 3.17. The Bertz CT molecular complexity index is 575. The molecule has 0 amide bonds. The first-order chi connectivity index (χ1) is 9.70. The highest BCUT2D eigenvalue weighted by Crippen LogP contribution is 2.25. The molecule has 1 heterocycles. The maximum absolute atomic E-state index is 6.13. The largest absolute Gasteiger partial charge is 0.313 e. The standard InChI is InChI=1S/C16H20ClN3/c1-20-11-12(9-19-20)7-14(10-18-16-5-6-16)13-3-2-4-15(17)8-13/h2-4,8-9,11,14,16,18H,5-7,10H2,1H3. The zero-order chi connectivity index (χ0) is 13.9. The van der Waals surface area contributed by atoms with Crippen molar-refractivity contribution in [1.29, 1.82) is 0 Å². The molecule has 3 nitrogen and oxygen atoms in total. The molecule has 1 aliphatic rings. The molecular weight excluding hydrogens is 270 g/mol. The Morgan fingerprint density at radius 2 is 2.30 bits per heavy atom. The maximum atomic E-state index is 6.13. The van der Waals surface area contributed by atoms with Crippen LogP contribution in [-0.4, -0.2) is 22.4 Å². The molecule has 1 saturated carbocycles. The minimum Gasteiger partial charge on any atom is -0.313 e. The van der Waals surface area contributed by atoms with Gasteiger partial charge >= 0.3 is 0 Å². The monoisotopic (exact) mass is 289 g/mol. The first-order valence-electron chi connectivity index (χ1n) is 7.17. The molecule has 0 saturated heterocycles. The smallest absolute Gasteiger partial charge is 0.0521 e. The summed E-state index contributed by atoms with van der Waals surface area (Å²) in [4.78, 5) is 0. The van der Waals surface area contributed by atoms with Gasteiger partial charge in [0.05, 0.1) is 6.20 Å². The van der Waals surface area contributed by atoms with E-state index in [0.717, 1.165) is 24.0 Å². The Morgan fingerprint density at radius 3 is 2.95 bits per heavy atom. The summed E-state index contributed by atoms with van der Waals surface area (Å²) in [5.74, 6) is 0.443. The molecule has 1 aromatic heterocycles. The third-order valence-corrected chi connectivity index (χ3v) is 4.03. The molecule has 0 spiro atoms. The predicted octanol–water partition coefficient (Wildman–Crippen LogP) is 3.15. The Kier molecular flexibility index (Phi) is 4.08. The second-order valence-electron chi connectivity index (χ2n) is 5.66. The Balaban J connectivity index is 1.74. The van der Waals surface area contributed by atoms with Crippen LogP contribution in [0.15, 0.2) is 36.7 Å². The Morgan fingerprint density at radius 1 is 1.45 bits per heavy atom. The summed E-state index contributed by atoms with van der Waals surface area (Å²) >= 11 is 6.13. The molecule has 1 unspecified atom stereocenters. The van der Waals surface area contributed by atoms with Gasteiger partial charge in [0.25, 0.3) is 0 Å². The summed E-state index contributed by atoms with van der Waals surface area (Å²) in [6, 6.07) is 8.94. The second kappa shape index (κ2) is 5.98. The van der Waals surface area contributed by atoms with E-state index in [1.807, 2.05) is 30.1 Å². The van der Waals surface area contributed by atoms with Crippen LogP contribution in [0.1, 0.15) is 29.9 Å². The lowest BCUT2D eigenvalue weighted by molar-refractivity contribution is 0.577. The molecule has 1 aliphatic carbocycles. The zero-order valence-electron chi connectivity index (χ0n) is 11.7. The van der Waals surface area contributed by atoms with Gasteiger partial charge in [-0.15, -0.1) is 0 Å². The van der Waals surface area contributed by atoms with Crippen molar-refractivity contribution < 1.29 is 0 Å². The molecule has 3 rings (SSSR count). The van der Waals surface area contributed by atoms with Crippen LogP contribution in [0.4, 0.5) is 0 Å². The van der Waals surface area contributed by atoms with Gasteiger partial charge in [0.1, 0.15) is 0 Å². The number of aromatic nitrogens is 2. The lowest BCUT2D eigenvalue weighted by Gasteiger charge is -2.18. The van der Waals surface area contributed by atoms with Gasteiger partial charge < -0.3 is 5.32 Å². The van der Waals surface area contributed by atoms with Crippen molar-refractivity contribution in [3.63, 3.8) is 0 Å². The molecule has 1 N–H and O–H groups in total. The third-order valence-electron chi connectivity index (χ3n) is 3.79. The van der Waals surface area contributed by atoms with Crippen molar-refractivity contribution in [2.24, 2.45) is 7.05 Å². The van der Waals surface area contributed by atoms with E-state index in [9.17, 15) is 0 Å². The fourth-order valence-electron chi connectivity index (χ4n) is 2.53. The van der Waals surface area contributed by atoms with E-state index in [-0.39, 0.29) is 0 Å². The number of rotatable bonds is 6. The van der Waals surface area contributed by atoms with Crippen molar-refractivity contribution in [1.82, 2.24) is 15.1 Å². The van der Waals surface area contributed by atoms with Crippen LogP contribution in [0.25, 0.3) is 0 Å². The molecule has 106 valence electrons. The molecule has 1 atom stereocenters. The fraction of sp³-hybridized carbons (Fsp3) is 0.438. The van der Waals surface area contributed by atoms with Crippen molar-refractivity contribution in [2.45, 2.75) is 31.2 Å². The van der Waals surface area contributed by atoms with Gasteiger partial charge in [-0.3, -0.25) is 4.68 Å². The van der Waals surface area contributed by atoms with E-state index in [1.165, 1.54) is 24.0 Å². The van der Waals surface area contributed by atoms with Crippen molar-refractivity contribution in [2.75, 3.05) is 6.54 Å². The first kappa shape index (κ1) is 13.7. The summed E-state index contributed by atoms with van der Waals surface area (Å²) in [5.41, 5.74) is 2.57. The van der Waals surface area contributed by atoms with E-state index in [0.29, 0.717) is 5.92 Å². The topological polar surface area (TPSA) is 29.9 Å². The fourth-order valence-corrected chi connectivity index (χ4v) is 2.73. The molecule has 0 aliphatic heterocycles. The number of nitrogens with zero attached hydrogens (tertiary/aromatic N) is 2. The van der Waals surface area contributed by atoms with E-state index in [1.54, 1.807) is 0 Å². The van der Waals surface area contributed by atoms with Crippen LogP contribution in [0.3, 0.4) is 0 Å². The SMILES string of the molecule is Cn1cc(CC(CNC2CC2)c2cccc(Cl)c2)cn1. The van der Waals surface area contributed by atoms with Crippen molar-refractivity contribution in [3.05, 3.63) is 52.8 Å². The minimum atomic E-state index is 0.443. The summed E-state index contributed by atoms with van der Waals surface area (Å²) in [6.45, 7) is 1.000. The Labute approximate surface area is 124 Å². The van der Waals surface area contributed by atoms with Crippen molar-refractivity contribution in [3.8, 4) is 0 Å². The number of aryl methyl sites for hydroxylation is 1. The van der Waals surface area contributed by atoms with Crippen molar-refractivity contribution >= 4 is 11.6 Å². The van der Waals surface area contributed by atoms with Gasteiger partial charge in [-0.25, -0.2) is 0 Å². The molecule has 1 fully saturated rings. The number of nitrogens with one attached hydrogen (secondary N) is 1. The van der Waals surface area contributed by atoms with Crippen LogP contribution in [0.5, 0.6) is 0 Å². The molecule has 1 aromatic carbocycles. The van der Waals surface area contributed by atoms with Gasteiger partial charge in [-0.2, -0.15) is 5.10 Å². The number of hydrogen-bond donors (Lipinski definition) is 1. The second-order valence-corrected chi connectivity index (χ2v) is 6.10. The van der Waals surface area contributed by atoms with E-state index in [4.69, 9.17) is 11.6 Å². The highest BCUT2D eigenvalue weighted by molar-refractivity contribution is 6.30. The highest BCUT2D eigenvalue weighted by atomic mass is 35.5. The predicted molar refractivity (Wildman–Crippen MR) is 82.1 cm³/mol. The van der Waals surface area contributed by atoms with Crippen LogP contribution >= 0.6 is 11.6 Å². The van der Waals surface area contributed by atoms with E-state index in [2.05, 4.69) is 28.7 Å². The maximum Gasteiger partial charge on any atom is 0.0521 e. The lowest BCUT2D eigenvalue weighted by atomic mass is 9.93. The van der Waals surface area contributed by atoms with Crippen LogP contribution in [0.2, 0.25) is 5.02 Å². The summed E-state index contributed by atoms with van der Waals surface area (Å²) in [6.07, 6.45) is 7.67. The number of halogens is 1. The normalized spacial score (nSPS) is 16.3. The first-order valence-corrected chi connectivity index (χ1v) is 7.55. The highest BCUT2D eigenvalue weighted by Gasteiger charge is 2.23. The molecular formula is C16H20ClN3. The van der Waals surface area contributed by atoms with Gasteiger partial charge in [0.2, 0.25) is 0 Å². The number of benzene rings is 1.